The van der Waals surface area contributed by atoms with Gasteiger partial charge in [-0.05, 0) is 5.56 Å². The van der Waals surface area contributed by atoms with Gasteiger partial charge in [0.2, 0.25) is 5.91 Å². The molecule has 2 aromatic carbocycles. The van der Waals surface area contributed by atoms with Gasteiger partial charge in [-0.1, -0.05) is 60.7 Å². The molecule has 0 radical (unpaired) electrons. The number of nitrogens with one attached hydrogen (secondary N) is 1. The molecule has 1 atom stereocenters. The van der Waals surface area contributed by atoms with Crippen molar-refractivity contribution in [1.82, 2.24) is 5.32 Å². The van der Waals surface area contributed by atoms with Crippen molar-refractivity contribution >= 4 is 5.91 Å². The molecule has 4 N–H and O–H groups in total. The maximum atomic E-state index is 12.0. The maximum absolute atomic E-state index is 12.0. The van der Waals surface area contributed by atoms with E-state index in [1.807, 2.05) is 66.0 Å². The van der Waals surface area contributed by atoms with E-state index in [0.717, 1.165) is 12.1 Å². The van der Waals surface area contributed by atoms with Gasteiger partial charge in [-0.15, -0.1) is 0 Å². The number of aliphatic hydroxyl groups is 1. The SMILES string of the molecule is O=C(CC(CO)[NH2+]Cc1ccccc1)NCc1ccccc1. The van der Waals surface area contributed by atoms with E-state index in [1.54, 1.807) is 0 Å². The minimum atomic E-state index is -0.115. The molecule has 4 nitrogen and oxygen atoms in total. The van der Waals surface area contributed by atoms with Crippen molar-refractivity contribution in [2.24, 2.45) is 0 Å². The van der Waals surface area contributed by atoms with E-state index in [0.29, 0.717) is 13.0 Å². The minimum Gasteiger partial charge on any atom is -0.390 e. The topological polar surface area (TPSA) is 65.9 Å². The largest absolute Gasteiger partial charge is 0.390 e. The van der Waals surface area contributed by atoms with Crippen LogP contribution in [-0.2, 0) is 17.9 Å². The number of hydrogen-bond donors (Lipinski definition) is 3. The third-order valence-corrected chi connectivity index (χ3v) is 3.54. The molecule has 0 aliphatic carbocycles. The van der Waals surface area contributed by atoms with E-state index in [4.69, 9.17) is 0 Å². The predicted octanol–water partition coefficient (Wildman–Crippen LogP) is 0.817. The van der Waals surface area contributed by atoms with Crippen molar-refractivity contribution in [2.45, 2.75) is 25.6 Å². The molecule has 4 heteroatoms. The molecule has 1 amide bonds. The lowest BCUT2D eigenvalue weighted by Crippen LogP contribution is -2.89. The molecule has 0 spiro atoms. The standard InChI is InChI=1S/C18H22N2O2/c21-14-17(19-12-15-7-3-1-4-8-15)11-18(22)20-13-16-9-5-2-6-10-16/h1-10,17,19,21H,11-14H2,(H,20,22)/p+1. The fraction of sp³-hybridized carbons (Fsp3) is 0.278. The first-order valence-corrected chi connectivity index (χ1v) is 7.56. The molecule has 0 aromatic heterocycles. The Balaban J connectivity index is 1.73. The number of nitrogens with two attached hydrogens (primary N) is 1. The van der Waals surface area contributed by atoms with E-state index in [2.05, 4.69) is 5.32 Å². The summed E-state index contributed by atoms with van der Waals surface area (Å²) in [7, 11) is 0. The van der Waals surface area contributed by atoms with Gasteiger partial charge in [-0.25, -0.2) is 0 Å². The van der Waals surface area contributed by atoms with Crippen molar-refractivity contribution in [2.75, 3.05) is 6.61 Å². The summed E-state index contributed by atoms with van der Waals surface area (Å²) in [5.74, 6) is -0.0350. The fourth-order valence-electron chi connectivity index (χ4n) is 2.25. The Morgan fingerprint density at radius 1 is 1.00 bits per heavy atom. The Kier molecular flexibility index (Phi) is 6.61. The van der Waals surface area contributed by atoms with Crippen LogP contribution in [0.1, 0.15) is 17.5 Å². The summed E-state index contributed by atoms with van der Waals surface area (Å²) in [6.45, 7) is 1.28. The first-order chi connectivity index (χ1) is 10.8. The van der Waals surface area contributed by atoms with Crippen molar-refractivity contribution in [3.05, 3.63) is 71.8 Å². The smallest absolute Gasteiger partial charge is 0.226 e. The normalized spacial score (nSPS) is 11.9. The Hall–Kier alpha value is -2.17. The lowest BCUT2D eigenvalue weighted by molar-refractivity contribution is -0.705. The summed E-state index contributed by atoms with van der Waals surface area (Å²) in [5, 5.41) is 14.3. The minimum absolute atomic E-state index is 0.00834. The predicted molar refractivity (Wildman–Crippen MR) is 85.9 cm³/mol. The van der Waals surface area contributed by atoms with Crippen LogP contribution in [0, 0.1) is 0 Å². The van der Waals surface area contributed by atoms with Gasteiger partial charge in [-0.2, -0.15) is 0 Å². The van der Waals surface area contributed by atoms with Gasteiger partial charge in [0.05, 0.1) is 13.0 Å². The number of quaternary nitrogens is 1. The van der Waals surface area contributed by atoms with Gasteiger partial charge in [-0.3, -0.25) is 4.79 Å². The second-order valence-corrected chi connectivity index (χ2v) is 5.33. The quantitative estimate of drug-likeness (QED) is 0.675. The van der Waals surface area contributed by atoms with Crippen LogP contribution in [0.25, 0.3) is 0 Å². The van der Waals surface area contributed by atoms with Crippen LogP contribution in [0.4, 0.5) is 0 Å². The fourth-order valence-corrected chi connectivity index (χ4v) is 2.25. The highest BCUT2D eigenvalue weighted by Crippen LogP contribution is 1.98. The first-order valence-electron chi connectivity index (χ1n) is 7.56. The highest BCUT2D eigenvalue weighted by atomic mass is 16.3. The van der Waals surface area contributed by atoms with E-state index in [9.17, 15) is 9.90 Å². The summed E-state index contributed by atoms with van der Waals surface area (Å²) in [6, 6.07) is 19.7. The summed E-state index contributed by atoms with van der Waals surface area (Å²) >= 11 is 0. The van der Waals surface area contributed by atoms with Crippen LogP contribution < -0.4 is 10.6 Å². The Morgan fingerprint density at radius 3 is 2.18 bits per heavy atom. The number of amides is 1. The van der Waals surface area contributed by atoms with Crippen LogP contribution in [-0.4, -0.2) is 23.7 Å². The molecule has 0 heterocycles. The van der Waals surface area contributed by atoms with Crippen LogP contribution >= 0.6 is 0 Å². The zero-order valence-electron chi connectivity index (χ0n) is 12.6. The summed E-state index contributed by atoms with van der Waals surface area (Å²) < 4.78 is 0. The molecule has 0 aliphatic heterocycles. The highest BCUT2D eigenvalue weighted by Gasteiger charge is 2.15. The molecule has 116 valence electrons. The lowest BCUT2D eigenvalue weighted by atomic mass is 10.1. The highest BCUT2D eigenvalue weighted by molar-refractivity contribution is 5.76. The zero-order chi connectivity index (χ0) is 15.6. The Morgan fingerprint density at radius 2 is 1.59 bits per heavy atom. The number of hydrogen-bond acceptors (Lipinski definition) is 2. The maximum Gasteiger partial charge on any atom is 0.226 e. The molecule has 0 saturated carbocycles. The van der Waals surface area contributed by atoms with Gasteiger partial charge in [0, 0.05) is 12.1 Å². The number of rotatable bonds is 8. The van der Waals surface area contributed by atoms with E-state index in [-0.39, 0.29) is 18.6 Å². The summed E-state index contributed by atoms with van der Waals surface area (Å²) in [5.41, 5.74) is 2.26. The van der Waals surface area contributed by atoms with Gasteiger partial charge in [0.25, 0.3) is 0 Å². The molecule has 0 saturated heterocycles. The summed E-state index contributed by atoms with van der Waals surface area (Å²) in [4.78, 5) is 12.0. The van der Waals surface area contributed by atoms with Crippen LogP contribution in [0.3, 0.4) is 0 Å². The molecule has 22 heavy (non-hydrogen) atoms. The third kappa shape index (κ3) is 5.68. The zero-order valence-corrected chi connectivity index (χ0v) is 12.6. The molecule has 2 rings (SSSR count). The Labute approximate surface area is 131 Å². The summed E-state index contributed by atoms with van der Waals surface area (Å²) in [6.07, 6.45) is 0.316. The number of carbonyl (C=O) groups excluding carboxylic acids is 1. The van der Waals surface area contributed by atoms with Crippen molar-refractivity contribution in [3.8, 4) is 0 Å². The number of benzene rings is 2. The van der Waals surface area contributed by atoms with Gasteiger partial charge < -0.3 is 15.7 Å². The van der Waals surface area contributed by atoms with Gasteiger partial charge in [0.15, 0.2) is 0 Å². The second kappa shape index (κ2) is 8.97. The van der Waals surface area contributed by atoms with Gasteiger partial charge >= 0.3 is 0 Å². The van der Waals surface area contributed by atoms with E-state index < -0.39 is 0 Å². The Bertz CT molecular complexity index is 558. The van der Waals surface area contributed by atoms with E-state index in [1.165, 1.54) is 5.56 Å². The molecule has 1 unspecified atom stereocenters. The van der Waals surface area contributed by atoms with Gasteiger partial charge in [0.1, 0.15) is 12.6 Å². The van der Waals surface area contributed by atoms with Crippen LogP contribution in [0.2, 0.25) is 0 Å². The molecule has 0 bridgehead atoms. The number of aliphatic hydroxyl groups excluding tert-OH is 1. The monoisotopic (exact) mass is 299 g/mol. The lowest BCUT2D eigenvalue weighted by Gasteiger charge is -2.13. The average Bonchev–Trinajstić information content (AvgIpc) is 2.58. The molecule has 0 aliphatic rings. The van der Waals surface area contributed by atoms with Crippen LogP contribution in [0.15, 0.2) is 60.7 Å². The average molecular weight is 299 g/mol. The van der Waals surface area contributed by atoms with Crippen molar-refractivity contribution < 1.29 is 15.2 Å². The molecule has 0 fully saturated rings. The van der Waals surface area contributed by atoms with Crippen LogP contribution in [0.5, 0.6) is 0 Å². The molecular weight excluding hydrogens is 276 g/mol. The van der Waals surface area contributed by atoms with Crippen molar-refractivity contribution in [1.29, 1.82) is 0 Å². The van der Waals surface area contributed by atoms with Crippen molar-refractivity contribution in [3.63, 3.8) is 0 Å². The molecular formula is C18H23N2O2+. The first kappa shape index (κ1) is 16.2. The third-order valence-electron chi connectivity index (χ3n) is 3.54. The second-order valence-electron chi connectivity index (χ2n) is 5.33. The van der Waals surface area contributed by atoms with E-state index >= 15 is 0 Å². The number of carbonyl (C=O) groups is 1. The molecule has 2 aromatic rings.